The Labute approximate surface area is 376 Å². The molecule has 4 N–H and O–H groups in total. The van der Waals surface area contributed by atoms with Gasteiger partial charge in [-0.05, 0) is 122 Å². The van der Waals surface area contributed by atoms with Gasteiger partial charge in [0.1, 0.15) is 0 Å². The van der Waals surface area contributed by atoms with E-state index in [0.717, 1.165) is 67.6 Å². The van der Waals surface area contributed by atoms with Crippen LogP contribution in [0.15, 0.2) is 105 Å². The Bertz CT molecular complexity index is 2710. The number of hydrogen-bond donors (Lipinski definition) is 4. The summed E-state index contributed by atoms with van der Waals surface area (Å²) in [5.74, 6) is -4.41. The van der Waals surface area contributed by atoms with Crippen molar-refractivity contribution in [1.82, 2.24) is 5.01 Å². The monoisotopic (exact) mass is 1050 g/mol. The molecule has 340 valence electrons. The van der Waals surface area contributed by atoms with Crippen molar-refractivity contribution in [3.63, 3.8) is 0 Å². The molecule has 0 radical (unpaired) electrons. The molecular weight excluding hydrogens is 1010 g/mol. The van der Waals surface area contributed by atoms with Crippen molar-refractivity contribution >= 4 is 82.5 Å². The van der Waals surface area contributed by atoms with Gasteiger partial charge >= 0.3 is 12.4 Å². The van der Waals surface area contributed by atoms with Crippen molar-refractivity contribution in [1.29, 1.82) is 0 Å². The van der Waals surface area contributed by atoms with Crippen LogP contribution in [0.5, 0.6) is 0 Å². The highest BCUT2D eigenvalue weighted by Crippen LogP contribution is 2.39. The molecule has 0 unspecified atom stereocenters. The summed E-state index contributed by atoms with van der Waals surface area (Å²) >= 11 is 1.98. The highest BCUT2D eigenvalue weighted by Gasteiger charge is 2.40. The zero-order valence-electron chi connectivity index (χ0n) is 33.4. The van der Waals surface area contributed by atoms with Gasteiger partial charge in [-0.2, -0.15) is 26.3 Å². The fourth-order valence-corrected chi connectivity index (χ4v) is 9.25. The molecule has 15 nitrogen and oxygen atoms in total. The number of nitrogens with one attached hydrogen (secondary N) is 2. The fraction of sp³-hybridized carbons (Fsp3) is 0.300. The van der Waals surface area contributed by atoms with E-state index in [4.69, 9.17) is 13.1 Å². The zero-order valence-corrected chi connectivity index (χ0v) is 37.2. The van der Waals surface area contributed by atoms with Crippen LogP contribution in [-0.2, 0) is 41.6 Å². The number of amides is 2. The summed E-state index contributed by atoms with van der Waals surface area (Å²) in [5, 5.41) is 35.0. The van der Waals surface area contributed by atoms with Gasteiger partial charge in [0, 0.05) is 28.0 Å². The Morgan fingerprint density at radius 1 is 0.688 bits per heavy atom. The van der Waals surface area contributed by atoms with Crippen molar-refractivity contribution < 1.29 is 63.0 Å². The lowest BCUT2D eigenvalue weighted by Crippen LogP contribution is -2.45. The summed E-state index contributed by atoms with van der Waals surface area (Å²) in [5.41, 5.74) is -8.97. The summed E-state index contributed by atoms with van der Waals surface area (Å²) < 4.78 is 130. The summed E-state index contributed by atoms with van der Waals surface area (Å²) in [6.07, 6.45) is -7.61. The van der Waals surface area contributed by atoms with E-state index in [1.807, 2.05) is 22.6 Å². The van der Waals surface area contributed by atoms with Crippen LogP contribution in [0.3, 0.4) is 0 Å². The van der Waals surface area contributed by atoms with Crippen LogP contribution in [0.4, 0.5) is 54.8 Å². The fourth-order valence-electron chi connectivity index (χ4n) is 5.71. The quantitative estimate of drug-likeness (QED) is 0.0464. The molecule has 4 aromatic rings. The van der Waals surface area contributed by atoms with Gasteiger partial charge in [0.05, 0.1) is 51.3 Å². The van der Waals surface area contributed by atoms with Crippen LogP contribution < -0.4 is 10.6 Å². The third-order valence-electron chi connectivity index (χ3n) is 9.02. The maximum atomic E-state index is 13.2. The highest BCUT2D eigenvalue weighted by atomic mass is 125. The first-order valence-electron chi connectivity index (χ1n) is 18.3. The standard InChI is InChI=1S/C22H22F3N5O4S.C18H14F3IN2O4S/c1-21(32,20(31)27-16-7-10-19(26-2)18(13-16)22(23,24)25)14-35(33,34)17-8-5-15(6-9-17)28-29-30-11-3-4-12-30;1-17(26,10-29(27,28)13-6-3-11(22)4-7-13)16(25)24-12-5-8-15(23-2)14(9-12)18(19,20)21/h5-10,13,32H,3-4,11-12,14H2,1H3,(H,27,31);3-9,26H,10H2,1H3,(H,24,25)/t21-;17-/m00/s1/i;22-2. The molecule has 2 amide bonds. The minimum atomic E-state index is -4.84. The molecule has 0 bridgehead atoms. The normalized spacial score (nSPS) is 15.2. The molecule has 64 heavy (non-hydrogen) atoms. The largest absolute Gasteiger partial charge is 0.407 e. The number of anilines is 2. The minimum absolute atomic E-state index is 0.105. The van der Waals surface area contributed by atoms with E-state index in [2.05, 4.69) is 30.7 Å². The van der Waals surface area contributed by atoms with Crippen molar-refractivity contribution in [2.24, 2.45) is 10.3 Å². The van der Waals surface area contributed by atoms with Gasteiger partial charge in [0.25, 0.3) is 11.8 Å². The van der Waals surface area contributed by atoms with Crippen molar-refractivity contribution in [2.45, 2.75) is 60.0 Å². The predicted molar refractivity (Wildman–Crippen MR) is 229 cm³/mol. The Kier molecular flexibility index (Phi) is 15.9. The molecule has 1 fully saturated rings. The molecule has 1 saturated heterocycles. The molecular formula is C40H36F6IN7O8S2. The number of rotatable bonds is 12. The third-order valence-corrected chi connectivity index (χ3v) is 13.6. The summed E-state index contributed by atoms with van der Waals surface area (Å²) in [4.78, 5) is 30.2. The Morgan fingerprint density at radius 2 is 1.06 bits per heavy atom. The smallest absolute Gasteiger partial charge is 0.379 e. The molecule has 2 atom stereocenters. The topological polar surface area (TPSA) is 204 Å². The van der Waals surface area contributed by atoms with Crippen LogP contribution in [0.25, 0.3) is 9.69 Å². The lowest BCUT2D eigenvalue weighted by molar-refractivity contribution is -0.137. The molecule has 0 aliphatic carbocycles. The lowest BCUT2D eigenvalue weighted by atomic mass is 10.1. The molecule has 0 spiro atoms. The van der Waals surface area contributed by atoms with E-state index >= 15 is 0 Å². The van der Waals surface area contributed by atoms with Gasteiger partial charge in [-0.1, -0.05) is 17.4 Å². The molecule has 1 aliphatic rings. The van der Waals surface area contributed by atoms with Gasteiger partial charge in [-0.15, -0.1) is 5.11 Å². The second-order valence-electron chi connectivity index (χ2n) is 14.5. The van der Waals surface area contributed by atoms with Crippen LogP contribution in [0, 0.1) is 16.7 Å². The van der Waals surface area contributed by atoms with Crippen molar-refractivity contribution in [3.8, 4) is 0 Å². The molecule has 4 aromatic carbocycles. The van der Waals surface area contributed by atoms with Crippen molar-refractivity contribution in [3.05, 3.63) is 122 Å². The van der Waals surface area contributed by atoms with Crippen LogP contribution >= 0.6 is 22.6 Å². The number of nitrogens with zero attached hydrogens (tertiary/aromatic N) is 5. The minimum Gasteiger partial charge on any atom is -0.379 e. The Balaban J connectivity index is 0.000000286. The first kappa shape index (κ1) is 51.0. The molecule has 1 heterocycles. The van der Waals surface area contributed by atoms with Gasteiger partial charge in [-0.3, -0.25) is 14.6 Å². The van der Waals surface area contributed by atoms with Gasteiger partial charge in [0.2, 0.25) is 0 Å². The van der Waals surface area contributed by atoms with Gasteiger partial charge < -0.3 is 20.8 Å². The van der Waals surface area contributed by atoms with E-state index in [1.54, 1.807) is 17.1 Å². The average Bonchev–Trinajstić information content (AvgIpc) is 3.73. The lowest BCUT2D eigenvalue weighted by Gasteiger charge is -2.22. The number of aliphatic hydroxyl groups is 2. The number of halogens is 7. The van der Waals surface area contributed by atoms with E-state index in [9.17, 15) is 63.0 Å². The van der Waals surface area contributed by atoms with E-state index < -0.39 is 89.1 Å². The molecule has 1 aliphatic heterocycles. The van der Waals surface area contributed by atoms with E-state index in [0.29, 0.717) is 17.8 Å². The van der Waals surface area contributed by atoms with Crippen molar-refractivity contribution in [2.75, 3.05) is 35.2 Å². The Morgan fingerprint density at radius 3 is 1.42 bits per heavy atom. The SMILES string of the molecule is [C-]#[N+]c1ccc(NC(=O)[C@@](C)(O)CS(=O)(=O)c2ccc(N=NN3CCCC3)cc2)cc1C(F)(F)F.[C-]#[N+]c1ccc(NC(=O)[C@@](C)(O)CS(=O)(=O)c2ccc([125I])cc2)cc1C(F)(F)F. The van der Waals surface area contributed by atoms with Crippen LogP contribution in [0.2, 0.25) is 0 Å². The Hall–Kier alpha value is -5.67. The first-order valence-corrected chi connectivity index (χ1v) is 22.7. The summed E-state index contributed by atoms with van der Waals surface area (Å²) in [7, 11) is -8.21. The van der Waals surface area contributed by atoms with Gasteiger partial charge in [0.15, 0.2) is 42.3 Å². The number of carbonyl (C=O) groups is 2. The van der Waals surface area contributed by atoms with Gasteiger partial charge in [-0.25, -0.2) is 26.5 Å². The number of benzene rings is 4. The highest BCUT2D eigenvalue weighted by molar-refractivity contribution is 14.1. The van der Waals surface area contributed by atoms with Crippen LogP contribution in [0.1, 0.15) is 37.8 Å². The molecule has 5 rings (SSSR count). The third kappa shape index (κ3) is 13.7. The summed E-state index contributed by atoms with van der Waals surface area (Å²) in [6.45, 7) is 17.1. The second-order valence-corrected chi connectivity index (χ2v) is 19.7. The van der Waals surface area contributed by atoms with Crippen LogP contribution in [-0.4, -0.2) is 79.7 Å². The number of carbonyl (C=O) groups excluding carboxylic acids is 2. The van der Waals surface area contributed by atoms with E-state index in [1.165, 1.54) is 36.4 Å². The first-order chi connectivity index (χ1) is 29.6. The number of alkyl halides is 6. The molecule has 0 aromatic heterocycles. The second kappa shape index (κ2) is 20.0. The maximum absolute atomic E-state index is 13.2. The average molecular weight is 1050 g/mol. The molecule has 0 saturated carbocycles. The number of sulfone groups is 2. The maximum Gasteiger partial charge on any atom is 0.407 e. The zero-order chi connectivity index (χ0) is 47.9. The predicted octanol–water partition coefficient (Wildman–Crippen LogP) is 8.54. The molecule has 24 heteroatoms. The summed E-state index contributed by atoms with van der Waals surface area (Å²) in [6, 6.07) is 16.1. The number of hydrogen-bond acceptors (Lipinski definition) is 10. The van der Waals surface area contributed by atoms with E-state index in [-0.39, 0.29) is 21.2 Å².